The highest BCUT2D eigenvalue weighted by atomic mass is 35.5. The molecule has 70 valence electrons. The van der Waals surface area contributed by atoms with Crippen molar-refractivity contribution in [2.24, 2.45) is 0 Å². The Kier molecular flexibility index (Phi) is 3.32. The monoisotopic (exact) mass is 198 g/mol. The lowest BCUT2D eigenvalue weighted by atomic mass is 10.2. The number of esters is 1. The van der Waals surface area contributed by atoms with Crippen molar-refractivity contribution >= 4 is 17.6 Å². The fraction of sp³-hybridized carbons (Fsp3) is 0.300. The lowest BCUT2D eigenvalue weighted by molar-refractivity contribution is -0.133. The maximum Gasteiger partial charge on any atom is 0.329 e. The van der Waals surface area contributed by atoms with Crippen LogP contribution in [0.5, 0.6) is 5.75 Å². The van der Waals surface area contributed by atoms with Crippen LogP contribution in [-0.2, 0) is 4.79 Å². The fourth-order valence-corrected chi connectivity index (χ4v) is 0.905. The summed E-state index contributed by atoms with van der Waals surface area (Å²) in [6.45, 7) is 3.46. The van der Waals surface area contributed by atoms with Crippen LogP contribution in [0, 0.1) is 6.92 Å². The van der Waals surface area contributed by atoms with E-state index in [1.807, 2.05) is 25.1 Å². The van der Waals surface area contributed by atoms with Crippen LogP contribution in [0.25, 0.3) is 0 Å². The molecule has 0 amide bonds. The molecule has 1 unspecified atom stereocenters. The minimum absolute atomic E-state index is 0.420. The van der Waals surface area contributed by atoms with E-state index in [4.69, 9.17) is 16.3 Å². The van der Waals surface area contributed by atoms with Gasteiger partial charge in [0.2, 0.25) is 0 Å². The topological polar surface area (TPSA) is 26.3 Å². The number of benzene rings is 1. The van der Waals surface area contributed by atoms with Gasteiger partial charge < -0.3 is 4.74 Å². The van der Waals surface area contributed by atoms with Gasteiger partial charge in [-0.2, -0.15) is 0 Å². The molecule has 0 radical (unpaired) electrons. The van der Waals surface area contributed by atoms with Crippen LogP contribution in [0.4, 0.5) is 0 Å². The third-order valence-corrected chi connectivity index (χ3v) is 1.81. The summed E-state index contributed by atoms with van der Waals surface area (Å²) in [6.07, 6.45) is 0. The molecule has 0 bridgehead atoms. The van der Waals surface area contributed by atoms with E-state index in [1.165, 1.54) is 0 Å². The zero-order valence-corrected chi connectivity index (χ0v) is 8.34. The minimum Gasteiger partial charge on any atom is -0.425 e. The molecule has 1 aromatic rings. The summed E-state index contributed by atoms with van der Waals surface area (Å²) in [7, 11) is 0. The van der Waals surface area contributed by atoms with E-state index < -0.39 is 11.3 Å². The van der Waals surface area contributed by atoms with Gasteiger partial charge in [-0.3, -0.25) is 4.79 Å². The smallest absolute Gasteiger partial charge is 0.329 e. The Balaban J connectivity index is 2.75. The van der Waals surface area contributed by atoms with Crippen LogP contribution in [-0.4, -0.2) is 11.3 Å². The van der Waals surface area contributed by atoms with E-state index in [1.54, 1.807) is 13.0 Å². The number of alkyl halides is 1. The molecule has 0 spiro atoms. The molecule has 1 aromatic carbocycles. The first-order chi connectivity index (χ1) is 6.11. The van der Waals surface area contributed by atoms with Gasteiger partial charge in [-0.25, -0.2) is 0 Å². The number of para-hydroxylation sites is 1. The molecule has 0 aliphatic heterocycles. The summed E-state index contributed by atoms with van der Waals surface area (Å²) in [5, 5.41) is -0.611. The summed E-state index contributed by atoms with van der Waals surface area (Å²) >= 11 is 5.56. The minimum atomic E-state index is -0.611. The molecule has 0 fully saturated rings. The molecule has 0 aromatic heterocycles. The largest absolute Gasteiger partial charge is 0.425 e. The SMILES string of the molecule is Cc1ccccc1OC(=O)C(C)Cl. The lowest BCUT2D eigenvalue weighted by Gasteiger charge is -2.07. The van der Waals surface area contributed by atoms with Crippen molar-refractivity contribution in [3.8, 4) is 5.75 Å². The summed E-state index contributed by atoms with van der Waals surface area (Å²) in [5.41, 5.74) is 0.924. The van der Waals surface area contributed by atoms with Crippen molar-refractivity contribution < 1.29 is 9.53 Å². The highest BCUT2D eigenvalue weighted by Crippen LogP contribution is 2.17. The predicted molar refractivity (Wildman–Crippen MR) is 52.1 cm³/mol. The first kappa shape index (κ1) is 10.1. The van der Waals surface area contributed by atoms with Gasteiger partial charge in [0.1, 0.15) is 11.1 Å². The maximum absolute atomic E-state index is 11.1. The van der Waals surface area contributed by atoms with E-state index in [0.717, 1.165) is 5.56 Å². The van der Waals surface area contributed by atoms with E-state index in [9.17, 15) is 4.79 Å². The van der Waals surface area contributed by atoms with E-state index >= 15 is 0 Å². The first-order valence-electron chi connectivity index (χ1n) is 4.02. The molecule has 1 rings (SSSR count). The van der Waals surface area contributed by atoms with Gasteiger partial charge in [-0.1, -0.05) is 18.2 Å². The van der Waals surface area contributed by atoms with Crippen molar-refractivity contribution in [2.75, 3.05) is 0 Å². The number of halogens is 1. The van der Waals surface area contributed by atoms with Gasteiger partial charge in [0.15, 0.2) is 0 Å². The third kappa shape index (κ3) is 2.74. The van der Waals surface area contributed by atoms with E-state index in [0.29, 0.717) is 5.75 Å². The average Bonchev–Trinajstić information content (AvgIpc) is 2.08. The summed E-state index contributed by atoms with van der Waals surface area (Å²) in [6, 6.07) is 7.32. The molecule has 0 aliphatic rings. The second-order valence-corrected chi connectivity index (χ2v) is 3.46. The molecular formula is C10H11ClO2. The zero-order chi connectivity index (χ0) is 9.84. The molecule has 0 N–H and O–H groups in total. The Hall–Kier alpha value is -1.02. The van der Waals surface area contributed by atoms with Crippen LogP contribution in [0.15, 0.2) is 24.3 Å². The van der Waals surface area contributed by atoms with Crippen LogP contribution in [0.3, 0.4) is 0 Å². The zero-order valence-electron chi connectivity index (χ0n) is 7.58. The van der Waals surface area contributed by atoms with Crippen LogP contribution < -0.4 is 4.74 Å². The Morgan fingerprint density at radius 3 is 2.62 bits per heavy atom. The maximum atomic E-state index is 11.1. The van der Waals surface area contributed by atoms with Crippen molar-refractivity contribution in [1.82, 2.24) is 0 Å². The summed E-state index contributed by atoms with van der Waals surface area (Å²) in [5.74, 6) is 0.149. The molecule has 0 heterocycles. The van der Waals surface area contributed by atoms with E-state index in [-0.39, 0.29) is 0 Å². The highest BCUT2D eigenvalue weighted by molar-refractivity contribution is 6.29. The van der Waals surface area contributed by atoms with Gasteiger partial charge in [-0.15, -0.1) is 11.6 Å². The van der Waals surface area contributed by atoms with Crippen molar-refractivity contribution in [2.45, 2.75) is 19.2 Å². The molecule has 0 saturated carbocycles. The van der Waals surface area contributed by atoms with Gasteiger partial charge >= 0.3 is 5.97 Å². The summed E-state index contributed by atoms with van der Waals surface area (Å²) in [4.78, 5) is 11.1. The normalized spacial score (nSPS) is 12.2. The quantitative estimate of drug-likeness (QED) is 0.415. The van der Waals surface area contributed by atoms with Crippen molar-refractivity contribution in [3.63, 3.8) is 0 Å². The van der Waals surface area contributed by atoms with Gasteiger partial charge in [0.25, 0.3) is 0 Å². The second-order valence-electron chi connectivity index (χ2n) is 2.80. The second kappa shape index (κ2) is 4.28. The Bertz CT molecular complexity index is 308. The molecular weight excluding hydrogens is 188 g/mol. The van der Waals surface area contributed by atoms with Gasteiger partial charge in [0, 0.05) is 0 Å². The number of carbonyl (C=O) groups excluding carboxylic acids is 1. The molecule has 3 heteroatoms. The lowest BCUT2D eigenvalue weighted by Crippen LogP contribution is -2.17. The molecule has 0 aliphatic carbocycles. The molecule has 2 nitrogen and oxygen atoms in total. The number of rotatable bonds is 2. The molecule has 13 heavy (non-hydrogen) atoms. The fourth-order valence-electron chi connectivity index (χ4n) is 0.861. The number of hydrogen-bond donors (Lipinski definition) is 0. The standard InChI is InChI=1S/C10H11ClO2/c1-7-5-3-4-6-9(7)13-10(12)8(2)11/h3-6,8H,1-2H3. The Morgan fingerprint density at radius 2 is 2.08 bits per heavy atom. The highest BCUT2D eigenvalue weighted by Gasteiger charge is 2.12. The first-order valence-corrected chi connectivity index (χ1v) is 4.46. The van der Waals surface area contributed by atoms with E-state index in [2.05, 4.69) is 0 Å². The van der Waals surface area contributed by atoms with Crippen molar-refractivity contribution in [1.29, 1.82) is 0 Å². The predicted octanol–water partition coefficient (Wildman–Crippen LogP) is 2.53. The van der Waals surface area contributed by atoms with Gasteiger partial charge in [0.05, 0.1) is 0 Å². The Morgan fingerprint density at radius 1 is 1.46 bits per heavy atom. The van der Waals surface area contributed by atoms with Gasteiger partial charge in [-0.05, 0) is 25.5 Å². The Labute approximate surface area is 82.5 Å². The van der Waals surface area contributed by atoms with Crippen LogP contribution in [0.1, 0.15) is 12.5 Å². The molecule has 0 saturated heterocycles. The van der Waals surface area contributed by atoms with Crippen LogP contribution in [0.2, 0.25) is 0 Å². The van der Waals surface area contributed by atoms with Crippen LogP contribution >= 0.6 is 11.6 Å². The number of carbonyl (C=O) groups is 1. The molecule has 1 atom stereocenters. The summed E-state index contributed by atoms with van der Waals surface area (Å²) < 4.78 is 5.04. The number of hydrogen-bond acceptors (Lipinski definition) is 2. The average molecular weight is 199 g/mol. The van der Waals surface area contributed by atoms with Crippen molar-refractivity contribution in [3.05, 3.63) is 29.8 Å². The number of aryl methyl sites for hydroxylation is 1. The third-order valence-electron chi connectivity index (χ3n) is 1.63. The number of ether oxygens (including phenoxy) is 1.